The van der Waals surface area contributed by atoms with E-state index < -0.39 is 23.8 Å². The van der Waals surface area contributed by atoms with Gasteiger partial charge in [0.2, 0.25) is 0 Å². The van der Waals surface area contributed by atoms with E-state index in [1.165, 1.54) is 53.3 Å². The van der Waals surface area contributed by atoms with Gasteiger partial charge in [-0.1, -0.05) is 309 Å². The SMILES string of the molecule is Cc1ccccc1.[Ru].c1ccc(P(c2ccccc2)c2ccccc2)cc1.c1ccc(P(c2ccccc2)c2ccccc2)cc1.c1ccc(P(c2ccccc2)c2ccccc2)cc1. The van der Waals surface area contributed by atoms with Crippen LogP contribution in [0.25, 0.3) is 0 Å². The van der Waals surface area contributed by atoms with Gasteiger partial charge in [-0.3, -0.25) is 0 Å². The third-order valence-corrected chi connectivity index (χ3v) is 17.4. The van der Waals surface area contributed by atoms with Gasteiger partial charge >= 0.3 is 0 Å². The number of hydrogen-bond donors (Lipinski definition) is 0. The van der Waals surface area contributed by atoms with Crippen LogP contribution in [0.5, 0.6) is 0 Å². The Bertz CT molecular complexity index is 2170. The largest absolute Gasteiger partial charge is 0.0622 e. The molecule has 0 atom stereocenters. The Balaban J connectivity index is 0.000000149. The standard InChI is InChI=1S/3C18H15P.C7H8.Ru/c3*1-4-10-16(11-5-1)19(17-12-6-2-7-13-17)18-14-8-3-9-15-18;1-7-5-3-2-4-6-7;/h3*1-15H;2-6H,1H3;. The zero-order chi connectivity index (χ0) is 43.9. The Morgan fingerprint density at radius 2 is 0.277 bits per heavy atom. The number of hydrogen-bond acceptors (Lipinski definition) is 0. The van der Waals surface area contributed by atoms with Gasteiger partial charge in [0, 0.05) is 19.5 Å². The van der Waals surface area contributed by atoms with Gasteiger partial charge in [0.15, 0.2) is 0 Å². The van der Waals surface area contributed by atoms with Crippen molar-refractivity contribution in [3.63, 3.8) is 0 Å². The molecule has 10 aromatic carbocycles. The molecule has 10 aromatic rings. The Morgan fingerprint density at radius 1 is 0.169 bits per heavy atom. The monoisotopic (exact) mass is 980 g/mol. The van der Waals surface area contributed by atoms with Gasteiger partial charge in [0.25, 0.3) is 0 Å². The average Bonchev–Trinajstić information content (AvgIpc) is 3.38. The molecule has 0 aromatic heterocycles. The van der Waals surface area contributed by atoms with Crippen molar-refractivity contribution in [3.05, 3.63) is 309 Å². The van der Waals surface area contributed by atoms with E-state index in [9.17, 15) is 0 Å². The van der Waals surface area contributed by atoms with E-state index in [1.807, 2.05) is 18.2 Å². The minimum atomic E-state index is -0.446. The summed E-state index contributed by atoms with van der Waals surface area (Å²) >= 11 is 0. The van der Waals surface area contributed by atoms with Crippen LogP contribution >= 0.6 is 23.8 Å². The fourth-order valence-corrected chi connectivity index (χ4v) is 14.0. The van der Waals surface area contributed by atoms with Crippen molar-refractivity contribution in [1.82, 2.24) is 0 Å². The Hall–Kier alpha value is -5.89. The van der Waals surface area contributed by atoms with Crippen LogP contribution in [0.1, 0.15) is 5.56 Å². The van der Waals surface area contributed by atoms with Crippen LogP contribution in [0.15, 0.2) is 303 Å². The molecule has 10 rings (SSSR count). The van der Waals surface area contributed by atoms with E-state index >= 15 is 0 Å². The van der Waals surface area contributed by atoms with Crippen molar-refractivity contribution in [3.8, 4) is 0 Å². The van der Waals surface area contributed by atoms with Gasteiger partial charge in [0.1, 0.15) is 0 Å². The second kappa shape index (κ2) is 27.4. The summed E-state index contributed by atoms with van der Waals surface area (Å²) in [6, 6.07) is 107. The Kier molecular flexibility index (Phi) is 20.5. The summed E-state index contributed by atoms with van der Waals surface area (Å²) in [5.41, 5.74) is 1.32. The first-order valence-electron chi connectivity index (χ1n) is 21.6. The number of benzene rings is 10. The predicted molar refractivity (Wildman–Crippen MR) is 287 cm³/mol. The maximum absolute atomic E-state index is 2.23. The molecule has 0 saturated carbocycles. The summed E-state index contributed by atoms with van der Waals surface area (Å²) in [6.07, 6.45) is 0. The van der Waals surface area contributed by atoms with Crippen LogP contribution in [0.3, 0.4) is 0 Å². The fourth-order valence-electron chi connectivity index (χ4n) is 7.07. The summed E-state index contributed by atoms with van der Waals surface area (Å²) < 4.78 is 0. The van der Waals surface area contributed by atoms with E-state index in [0.717, 1.165) is 0 Å². The summed E-state index contributed by atoms with van der Waals surface area (Å²) in [6.45, 7) is 2.08. The van der Waals surface area contributed by atoms with E-state index in [-0.39, 0.29) is 19.5 Å². The second-order valence-corrected chi connectivity index (χ2v) is 21.3. The van der Waals surface area contributed by atoms with E-state index in [0.29, 0.717) is 0 Å². The van der Waals surface area contributed by atoms with Crippen LogP contribution in [0.2, 0.25) is 0 Å². The van der Waals surface area contributed by atoms with Gasteiger partial charge in [-0.25, -0.2) is 0 Å². The summed E-state index contributed by atoms with van der Waals surface area (Å²) in [5.74, 6) is 0. The molecule has 0 aliphatic rings. The molecule has 0 nitrogen and oxygen atoms in total. The number of rotatable bonds is 9. The smallest absolute Gasteiger partial charge is 0 e. The van der Waals surface area contributed by atoms with E-state index in [1.54, 1.807) is 0 Å². The molecule has 0 radical (unpaired) electrons. The molecule has 0 heterocycles. The van der Waals surface area contributed by atoms with Gasteiger partial charge in [-0.05, 0) is 78.4 Å². The molecular formula is C61H53P3Ru. The topological polar surface area (TPSA) is 0 Å². The van der Waals surface area contributed by atoms with E-state index in [2.05, 4.69) is 292 Å². The fraction of sp³-hybridized carbons (Fsp3) is 0.0164. The predicted octanol–water partition coefficient (Wildman–Crippen LogP) is 12.3. The third-order valence-electron chi connectivity index (χ3n) is 10.1. The Labute approximate surface area is 404 Å². The molecule has 0 saturated heterocycles. The molecule has 0 amide bonds. The quantitative estimate of drug-likeness (QED) is 0.0999. The van der Waals surface area contributed by atoms with Crippen molar-refractivity contribution in [1.29, 1.82) is 0 Å². The maximum Gasteiger partial charge on any atom is 0 e. The molecular weight excluding hydrogens is 927 g/mol. The van der Waals surface area contributed by atoms with Crippen LogP contribution in [-0.4, -0.2) is 0 Å². The van der Waals surface area contributed by atoms with Crippen LogP contribution < -0.4 is 47.7 Å². The summed E-state index contributed by atoms with van der Waals surface area (Å²) in [5, 5.41) is 12.6. The first-order valence-corrected chi connectivity index (χ1v) is 25.6. The molecule has 0 aliphatic heterocycles. The van der Waals surface area contributed by atoms with Gasteiger partial charge in [-0.15, -0.1) is 0 Å². The van der Waals surface area contributed by atoms with Gasteiger partial charge in [0.05, 0.1) is 0 Å². The zero-order valence-electron chi connectivity index (χ0n) is 36.6. The average molecular weight is 980 g/mol. The summed E-state index contributed by atoms with van der Waals surface area (Å²) in [4.78, 5) is 0. The van der Waals surface area contributed by atoms with Crippen LogP contribution in [-0.2, 0) is 19.5 Å². The zero-order valence-corrected chi connectivity index (χ0v) is 41.0. The first kappa shape index (κ1) is 48.6. The van der Waals surface area contributed by atoms with Crippen molar-refractivity contribution < 1.29 is 19.5 Å². The van der Waals surface area contributed by atoms with Gasteiger partial charge < -0.3 is 0 Å². The molecule has 0 N–H and O–H groups in total. The van der Waals surface area contributed by atoms with Crippen LogP contribution in [0.4, 0.5) is 0 Å². The van der Waals surface area contributed by atoms with Crippen LogP contribution in [0, 0.1) is 6.92 Å². The second-order valence-electron chi connectivity index (χ2n) is 14.7. The van der Waals surface area contributed by atoms with E-state index in [4.69, 9.17) is 0 Å². The molecule has 0 aliphatic carbocycles. The normalized spacial score (nSPS) is 10.2. The molecule has 0 spiro atoms. The van der Waals surface area contributed by atoms with Crippen molar-refractivity contribution >= 4 is 71.5 Å². The minimum Gasteiger partial charge on any atom is -0.0622 e. The molecule has 0 fully saturated rings. The van der Waals surface area contributed by atoms with Gasteiger partial charge in [-0.2, -0.15) is 0 Å². The molecule has 65 heavy (non-hydrogen) atoms. The van der Waals surface area contributed by atoms with Crippen molar-refractivity contribution in [2.45, 2.75) is 6.92 Å². The first-order chi connectivity index (χ1) is 31.7. The van der Waals surface area contributed by atoms with Crippen molar-refractivity contribution in [2.24, 2.45) is 0 Å². The molecule has 4 heteroatoms. The third kappa shape index (κ3) is 15.1. The molecule has 0 unspecified atom stereocenters. The minimum absolute atomic E-state index is 0. The maximum atomic E-state index is 2.23. The Morgan fingerprint density at radius 3 is 0.369 bits per heavy atom. The molecule has 320 valence electrons. The number of aryl methyl sites for hydroxylation is 1. The summed E-state index contributed by atoms with van der Waals surface area (Å²) in [7, 11) is -1.34. The molecule has 0 bridgehead atoms. The van der Waals surface area contributed by atoms with Crippen molar-refractivity contribution in [2.75, 3.05) is 0 Å².